The van der Waals surface area contributed by atoms with Crippen molar-refractivity contribution in [3.63, 3.8) is 0 Å². The van der Waals surface area contributed by atoms with E-state index in [0.717, 1.165) is 0 Å². The van der Waals surface area contributed by atoms with Crippen molar-refractivity contribution in [2.45, 2.75) is 83.7 Å². The van der Waals surface area contributed by atoms with Gasteiger partial charge in [0.1, 0.15) is 12.7 Å². The fraction of sp³-hybridized carbons (Fsp3) is 0.500. The van der Waals surface area contributed by atoms with E-state index in [-0.39, 0.29) is 12.2 Å². The van der Waals surface area contributed by atoms with Crippen LogP contribution in [-0.2, 0) is 20.6 Å². The molecular formula is C26H41F3O3Si4. The Morgan fingerprint density at radius 3 is 1.61 bits per heavy atom. The first-order valence-electron chi connectivity index (χ1n) is 12.3. The number of hydrogen-bond acceptors (Lipinski definition) is 3. The molecule has 200 valence electrons. The predicted octanol–water partition coefficient (Wildman–Crippen LogP) is 7.66. The summed E-state index contributed by atoms with van der Waals surface area (Å²) in [6, 6.07) is 16.7. The second-order valence-electron chi connectivity index (χ2n) is 12.5. The van der Waals surface area contributed by atoms with Gasteiger partial charge in [-0.3, -0.25) is 0 Å². The molecule has 36 heavy (non-hydrogen) atoms. The van der Waals surface area contributed by atoms with Crippen molar-refractivity contribution >= 4 is 35.6 Å². The van der Waals surface area contributed by atoms with Gasteiger partial charge in [0.2, 0.25) is 0 Å². The average molecular weight is 571 g/mol. The van der Waals surface area contributed by atoms with Crippen LogP contribution < -0.4 is 0 Å². The molecule has 0 N–H and O–H groups in total. The molecule has 0 radical (unpaired) electrons. The van der Waals surface area contributed by atoms with Crippen LogP contribution in [0, 0.1) is 0 Å². The Balaban J connectivity index is 2.56. The van der Waals surface area contributed by atoms with Crippen LogP contribution in [0.15, 0.2) is 60.7 Å². The van der Waals surface area contributed by atoms with E-state index in [0.29, 0.717) is 5.56 Å². The molecule has 3 nitrogen and oxygen atoms in total. The number of esters is 1. The zero-order valence-electron chi connectivity index (χ0n) is 23.0. The van der Waals surface area contributed by atoms with E-state index < -0.39 is 53.8 Å². The minimum Gasteiger partial charge on any atom is -0.458 e. The third-order valence-electron chi connectivity index (χ3n) is 6.68. The third-order valence-corrected chi connectivity index (χ3v) is 74.2. The quantitative estimate of drug-likeness (QED) is 0.206. The van der Waals surface area contributed by atoms with E-state index in [4.69, 9.17) is 9.16 Å². The molecule has 2 rings (SSSR count). The topological polar surface area (TPSA) is 35.5 Å². The maximum absolute atomic E-state index is 16.1. The highest BCUT2D eigenvalue weighted by atomic mass is 29.9. The number of alkyl halides is 3. The molecule has 0 amide bonds. The van der Waals surface area contributed by atoms with Gasteiger partial charge in [-0.1, -0.05) is 120 Å². The van der Waals surface area contributed by atoms with Gasteiger partial charge >= 0.3 is 11.9 Å². The summed E-state index contributed by atoms with van der Waals surface area (Å²) >= 11 is 0. The van der Waals surface area contributed by atoms with Crippen LogP contribution in [0.2, 0.25) is 58.9 Å². The zero-order valence-corrected chi connectivity index (χ0v) is 27.0. The van der Waals surface area contributed by atoms with Gasteiger partial charge in [-0.2, -0.15) is 8.78 Å². The van der Waals surface area contributed by atoms with E-state index in [1.165, 1.54) is 0 Å². The minimum absolute atomic E-state index is 0.188. The molecule has 0 bridgehead atoms. The van der Waals surface area contributed by atoms with E-state index in [1.807, 2.05) is 0 Å². The molecule has 0 fully saturated rings. The number of ether oxygens (including phenoxy) is 1. The van der Waals surface area contributed by atoms with Crippen molar-refractivity contribution in [3.05, 3.63) is 71.8 Å². The van der Waals surface area contributed by atoms with E-state index in [2.05, 4.69) is 58.9 Å². The summed E-state index contributed by atoms with van der Waals surface area (Å²) in [5, 5.41) is 0. The maximum atomic E-state index is 16.1. The first kappa shape index (κ1) is 30.7. The lowest BCUT2D eigenvalue weighted by molar-refractivity contribution is -0.184. The number of benzene rings is 2. The van der Waals surface area contributed by atoms with Gasteiger partial charge in [0.15, 0.2) is 6.87 Å². The summed E-state index contributed by atoms with van der Waals surface area (Å²) in [6.07, 6.45) is -5.02. The van der Waals surface area contributed by atoms with E-state index in [9.17, 15) is 4.79 Å². The molecule has 2 unspecified atom stereocenters. The number of carbonyl (C=O) groups excluding carboxylic acids is 1. The Morgan fingerprint density at radius 2 is 1.19 bits per heavy atom. The van der Waals surface area contributed by atoms with Crippen molar-refractivity contribution < 1.29 is 27.1 Å². The minimum atomic E-state index is -4.10. The molecule has 2 aromatic carbocycles. The summed E-state index contributed by atoms with van der Waals surface area (Å²) in [5.74, 6) is -5.68. The lowest BCUT2D eigenvalue weighted by Crippen LogP contribution is -2.84. The summed E-state index contributed by atoms with van der Waals surface area (Å²) in [6.45, 7) is 16.8. The second kappa shape index (κ2) is 11.1. The first-order chi connectivity index (χ1) is 16.4. The second-order valence-corrected chi connectivity index (χ2v) is 51.9. The Kier molecular flexibility index (Phi) is 9.48. The first-order valence-corrected chi connectivity index (χ1v) is 27.7. The van der Waals surface area contributed by atoms with Gasteiger partial charge in [0.05, 0.1) is 22.8 Å². The van der Waals surface area contributed by atoms with Crippen molar-refractivity contribution in [3.8, 4) is 0 Å². The van der Waals surface area contributed by atoms with Crippen LogP contribution in [0.4, 0.5) is 13.2 Å². The fourth-order valence-corrected chi connectivity index (χ4v) is 99.9. The Hall–Kier alpha value is -1.47. The number of carbonyl (C=O) groups is 1. The van der Waals surface area contributed by atoms with E-state index >= 15 is 13.2 Å². The van der Waals surface area contributed by atoms with Crippen molar-refractivity contribution in [2.75, 3.05) is 0 Å². The molecule has 0 heterocycles. The van der Waals surface area contributed by atoms with Crippen LogP contribution in [0.3, 0.4) is 0 Å². The molecule has 0 saturated heterocycles. The summed E-state index contributed by atoms with van der Waals surface area (Å²) in [4.78, 5) is 12.6. The van der Waals surface area contributed by atoms with Gasteiger partial charge in [-0.05, 0) is 11.1 Å². The molecule has 0 aliphatic carbocycles. The Labute approximate surface area is 217 Å². The predicted molar refractivity (Wildman–Crippen MR) is 152 cm³/mol. The van der Waals surface area contributed by atoms with Gasteiger partial charge in [0, 0.05) is 0 Å². The van der Waals surface area contributed by atoms with Crippen molar-refractivity contribution in [1.29, 1.82) is 0 Å². The molecule has 0 aromatic heterocycles. The third kappa shape index (κ3) is 6.32. The molecule has 2 atom stereocenters. The number of hydrogen-bond donors (Lipinski definition) is 0. The van der Waals surface area contributed by atoms with E-state index in [1.54, 1.807) is 60.7 Å². The fourth-order valence-electron chi connectivity index (χ4n) is 6.17. The summed E-state index contributed by atoms with van der Waals surface area (Å²) in [5.41, 5.74) is 0.785. The zero-order chi connectivity index (χ0) is 27.6. The standard InChI is InChI=1S/C26H41F3O3Si4/c1-33(2,3)36(34(4,5)6,35(7,8)9)32-24(22-18-14-11-15-19-22)26(28,29)23(27)25(30)31-20-21-16-12-10-13-17-21/h10-19,23-24H,20H2,1-9H3. The van der Waals surface area contributed by atoms with Gasteiger partial charge in [-0.15, -0.1) is 0 Å². The van der Waals surface area contributed by atoms with Gasteiger partial charge in [0.25, 0.3) is 6.17 Å². The highest BCUT2D eigenvalue weighted by Gasteiger charge is 2.67. The Bertz CT molecular complexity index is 965. The van der Waals surface area contributed by atoms with Crippen LogP contribution in [0.5, 0.6) is 0 Å². The Morgan fingerprint density at radius 1 is 0.778 bits per heavy atom. The van der Waals surface area contributed by atoms with Gasteiger partial charge in [-0.25, -0.2) is 9.18 Å². The largest absolute Gasteiger partial charge is 0.458 e. The van der Waals surface area contributed by atoms with Gasteiger partial charge < -0.3 is 9.16 Å². The molecular weight excluding hydrogens is 530 g/mol. The normalized spacial score (nSPS) is 15.3. The number of rotatable bonds is 11. The molecule has 0 aliphatic rings. The molecule has 0 aliphatic heterocycles. The molecule has 10 heteroatoms. The average Bonchev–Trinajstić information content (AvgIpc) is 2.75. The smallest absolute Gasteiger partial charge is 0.347 e. The molecule has 0 saturated carbocycles. The summed E-state index contributed by atoms with van der Waals surface area (Å²) < 4.78 is 59.5. The maximum Gasteiger partial charge on any atom is 0.347 e. The number of halogens is 3. The molecule has 0 spiro atoms. The monoisotopic (exact) mass is 570 g/mol. The molecule has 2 aromatic rings. The van der Waals surface area contributed by atoms with Crippen LogP contribution in [0.1, 0.15) is 17.2 Å². The van der Waals surface area contributed by atoms with Crippen molar-refractivity contribution in [1.82, 2.24) is 0 Å². The highest BCUT2D eigenvalue weighted by Crippen LogP contribution is 2.47. The van der Waals surface area contributed by atoms with Crippen LogP contribution in [-0.4, -0.2) is 47.7 Å². The highest BCUT2D eigenvalue weighted by molar-refractivity contribution is 7.87. The SMILES string of the molecule is C[Si](C)(C)[Si](OC(c1ccccc1)C(F)(F)C(F)C(=O)OCc1ccccc1)([Si](C)(C)C)[Si](C)(C)C. The summed E-state index contributed by atoms with van der Waals surface area (Å²) in [7, 11) is -6.41. The van der Waals surface area contributed by atoms with Crippen molar-refractivity contribution in [2.24, 2.45) is 0 Å². The lowest BCUT2D eigenvalue weighted by Gasteiger charge is -2.57. The van der Waals surface area contributed by atoms with Crippen LogP contribution in [0.25, 0.3) is 0 Å². The van der Waals surface area contributed by atoms with Crippen LogP contribution >= 0.6 is 0 Å². The lowest BCUT2D eigenvalue weighted by atomic mass is 10.00.